The van der Waals surface area contributed by atoms with Crippen molar-refractivity contribution in [2.45, 2.75) is 0 Å². The van der Waals surface area contributed by atoms with Crippen molar-refractivity contribution in [1.82, 2.24) is 0 Å². The summed E-state index contributed by atoms with van der Waals surface area (Å²) in [7, 11) is 0. The summed E-state index contributed by atoms with van der Waals surface area (Å²) in [5.74, 6) is 0. The lowest BCUT2D eigenvalue weighted by atomic mass is 9.87. The second kappa shape index (κ2) is 18.6. The summed E-state index contributed by atoms with van der Waals surface area (Å²) >= 11 is 0. The monoisotopic (exact) mass is 822 g/mol. The maximum Gasteiger partial charge on any atom is 0.0715 e. The van der Waals surface area contributed by atoms with Crippen LogP contribution in [0.5, 0.6) is 0 Å². The Morgan fingerprint density at radius 3 is 0.875 bits per heavy atom. The van der Waals surface area contributed by atoms with Crippen LogP contribution >= 0.6 is 0 Å². The highest BCUT2D eigenvalue weighted by Gasteiger charge is 2.23. The Bertz CT molecular complexity index is 2960. The number of benzene rings is 10. The minimum absolute atomic E-state index is 0.964. The van der Waals surface area contributed by atoms with E-state index in [2.05, 4.69) is 287 Å². The van der Waals surface area contributed by atoms with Crippen molar-refractivity contribution in [3.8, 4) is 33.4 Å². The molecule has 10 rings (SSSR count). The van der Waals surface area contributed by atoms with E-state index in [1.807, 2.05) is 0 Å². The smallest absolute Gasteiger partial charge is 0.0715 e. The number of hydrogen-bond acceptors (Lipinski definition) is 4. The first-order chi connectivity index (χ1) is 31.8. The summed E-state index contributed by atoms with van der Waals surface area (Å²) in [6, 6.07) is 94.1. The molecule has 64 heavy (non-hydrogen) atoms. The Morgan fingerprint density at radius 1 is 0.234 bits per heavy atom. The van der Waals surface area contributed by atoms with Crippen molar-refractivity contribution < 1.29 is 0 Å². The van der Waals surface area contributed by atoms with E-state index in [9.17, 15) is 0 Å². The van der Waals surface area contributed by atoms with Gasteiger partial charge in [-0.3, -0.25) is 0 Å². The van der Waals surface area contributed by atoms with Gasteiger partial charge in [0.2, 0.25) is 0 Å². The number of rotatable bonds is 13. The van der Waals surface area contributed by atoms with Crippen LogP contribution in [0.3, 0.4) is 0 Å². The largest absolute Gasteiger partial charge is 0.353 e. The SMILES string of the molecule is c1ccc(-c2cc(-c3ccccc3)c(-c3ccccc3)c(Nc3ccc(N(c4ccccc4)c4ccccc4)cc3)c2Nc2ccc(N(c3ccccc3)c3ccccc3)cc2)cc1. The van der Waals surface area contributed by atoms with Crippen LogP contribution in [0.4, 0.5) is 56.9 Å². The number of nitrogens with one attached hydrogen (secondary N) is 2. The Morgan fingerprint density at radius 2 is 0.516 bits per heavy atom. The molecular weight excluding hydrogens is 777 g/mol. The van der Waals surface area contributed by atoms with Crippen molar-refractivity contribution in [2.24, 2.45) is 0 Å². The fourth-order valence-corrected chi connectivity index (χ4v) is 8.41. The molecule has 0 aliphatic rings. The summed E-state index contributed by atoms with van der Waals surface area (Å²) < 4.78 is 0. The summed E-state index contributed by atoms with van der Waals surface area (Å²) in [4.78, 5) is 4.57. The molecule has 0 aliphatic carbocycles. The van der Waals surface area contributed by atoms with Crippen LogP contribution in [0, 0.1) is 0 Å². The molecule has 0 saturated heterocycles. The van der Waals surface area contributed by atoms with Crippen molar-refractivity contribution in [3.05, 3.63) is 267 Å². The van der Waals surface area contributed by atoms with Gasteiger partial charge in [0, 0.05) is 56.6 Å². The molecule has 306 valence electrons. The van der Waals surface area contributed by atoms with Crippen LogP contribution in [0.25, 0.3) is 33.4 Å². The van der Waals surface area contributed by atoms with Gasteiger partial charge < -0.3 is 20.4 Å². The van der Waals surface area contributed by atoms with Crippen molar-refractivity contribution in [2.75, 3.05) is 20.4 Å². The van der Waals surface area contributed by atoms with E-state index in [1.54, 1.807) is 0 Å². The maximum atomic E-state index is 4.01. The third-order valence-corrected chi connectivity index (χ3v) is 11.4. The highest BCUT2D eigenvalue weighted by Crippen LogP contribution is 2.50. The fraction of sp³-hybridized carbons (Fsp3) is 0. The quantitative estimate of drug-likeness (QED) is 0.121. The predicted octanol–water partition coefficient (Wildman–Crippen LogP) is 17.1. The molecule has 0 fully saturated rings. The zero-order valence-electron chi connectivity index (χ0n) is 35.3. The molecule has 10 aromatic carbocycles. The molecule has 0 atom stereocenters. The second-order valence-electron chi connectivity index (χ2n) is 15.6. The predicted molar refractivity (Wildman–Crippen MR) is 272 cm³/mol. The van der Waals surface area contributed by atoms with Gasteiger partial charge in [-0.25, -0.2) is 0 Å². The molecule has 0 spiro atoms. The van der Waals surface area contributed by atoms with E-state index in [4.69, 9.17) is 0 Å². The van der Waals surface area contributed by atoms with Crippen LogP contribution in [0.15, 0.2) is 267 Å². The van der Waals surface area contributed by atoms with E-state index >= 15 is 0 Å². The molecule has 2 N–H and O–H groups in total. The average molecular weight is 823 g/mol. The molecule has 0 unspecified atom stereocenters. The second-order valence-corrected chi connectivity index (χ2v) is 15.6. The number of nitrogens with zero attached hydrogens (tertiary/aromatic N) is 2. The Kier molecular flexibility index (Phi) is 11.5. The standard InChI is InChI=1S/C60H46N4/c1-8-22-45(23-9-1)56-44-57(46-24-10-2-11-25-46)59(61-48-36-40-54(41-37-48)63(50-28-14-4-15-29-50)51-30-16-5-17-31-51)60(58(56)47-26-12-3-13-27-47)62-49-38-42-55(43-39-49)64(52-32-18-6-19-33-52)53-34-20-7-21-35-53/h1-44,61-62H. The molecule has 10 aromatic rings. The van der Waals surface area contributed by atoms with Crippen molar-refractivity contribution >= 4 is 56.9 Å². The molecule has 0 aliphatic heterocycles. The van der Waals surface area contributed by atoms with Crippen LogP contribution in [-0.2, 0) is 0 Å². The van der Waals surface area contributed by atoms with Gasteiger partial charge in [0.25, 0.3) is 0 Å². The van der Waals surface area contributed by atoms with E-state index < -0.39 is 0 Å². The Labute approximate surface area is 376 Å². The van der Waals surface area contributed by atoms with Gasteiger partial charge in [0.1, 0.15) is 0 Å². The van der Waals surface area contributed by atoms with E-state index in [1.165, 1.54) is 0 Å². The van der Waals surface area contributed by atoms with Crippen molar-refractivity contribution in [3.63, 3.8) is 0 Å². The third-order valence-electron chi connectivity index (χ3n) is 11.4. The number of hydrogen-bond donors (Lipinski definition) is 2. The molecular formula is C60H46N4. The average Bonchev–Trinajstić information content (AvgIpc) is 3.37. The summed E-state index contributed by atoms with van der Waals surface area (Å²) in [5.41, 5.74) is 17.0. The van der Waals surface area contributed by atoms with E-state index in [0.29, 0.717) is 0 Å². The Hall–Kier alpha value is -8.60. The van der Waals surface area contributed by atoms with Gasteiger partial charge in [0.05, 0.1) is 11.4 Å². The lowest BCUT2D eigenvalue weighted by molar-refractivity contribution is 1.28. The van der Waals surface area contributed by atoms with Crippen LogP contribution in [0.1, 0.15) is 0 Å². The molecule has 0 heterocycles. The van der Waals surface area contributed by atoms with Gasteiger partial charge >= 0.3 is 0 Å². The van der Waals surface area contributed by atoms with Crippen LogP contribution in [0.2, 0.25) is 0 Å². The molecule has 0 bridgehead atoms. The first-order valence-electron chi connectivity index (χ1n) is 21.7. The lowest BCUT2D eigenvalue weighted by Gasteiger charge is -2.27. The van der Waals surface area contributed by atoms with Crippen LogP contribution < -0.4 is 20.4 Å². The highest BCUT2D eigenvalue weighted by molar-refractivity contribution is 6.06. The first kappa shape index (κ1) is 39.5. The van der Waals surface area contributed by atoms with E-state index in [-0.39, 0.29) is 0 Å². The summed E-state index contributed by atoms with van der Waals surface area (Å²) in [6.07, 6.45) is 0. The molecule has 4 nitrogen and oxygen atoms in total. The minimum atomic E-state index is 0.964. The van der Waals surface area contributed by atoms with Gasteiger partial charge in [-0.15, -0.1) is 0 Å². The zero-order chi connectivity index (χ0) is 42.9. The lowest BCUT2D eigenvalue weighted by Crippen LogP contribution is -2.10. The normalized spacial score (nSPS) is 10.8. The van der Waals surface area contributed by atoms with Crippen LogP contribution in [-0.4, -0.2) is 0 Å². The van der Waals surface area contributed by atoms with Gasteiger partial charge in [-0.05, 0) is 125 Å². The topological polar surface area (TPSA) is 30.5 Å². The molecule has 4 heteroatoms. The first-order valence-corrected chi connectivity index (χ1v) is 21.7. The molecule has 0 saturated carbocycles. The van der Waals surface area contributed by atoms with Gasteiger partial charge in [0.15, 0.2) is 0 Å². The Balaban J connectivity index is 1.13. The van der Waals surface area contributed by atoms with Gasteiger partial charge in [-0.1, -0.05) is 164 Å². The number of anilines is 10. The van der Waals surface area contributed by atoms with Crippen molar-refractivity contribution in [1.29, 1.82) is 0 Å². The van der Waals surface area contributed by atoms with Gasteiger partial charge in [-0.2, -0.15) is 0 Å². The zero-order valence-corrected chi connectivity index (χ0v) is 35.3. The van der Waals surface area contributed by atoms with E-state index in [0.717, 1.165) is 90.3 Å². The highest BCUT2D eigenvalue weighted by atomic mass is 15.1. The summed E-state index contributed by atoms with van der Waals surface area (Å²) in [5, 5.41) is 7.99. The summed E-state index contributed by atoms with van der Waals surface area (Å²) in [6.45, 7) is 0. The fourth-order valence-electron chi connectivity index (χ4n) is 8.41. The number of para-hydroxylation sites is 4. The maximum absolute atomic E-state index is 4.01. The molecule has 0 aromatic heterocycles. The molecule has 0 amide bonds. The third kappa shape index (κ3) is 8.49. The molecule has 0 radical (unpaired) electrons. The minimum Gasteiger partial charge on any atom is -0.353 e.